The molecule has 2 aromatic heterocycles. The van der Waals surface area contributed by atoms with Gasteiger partial charge in [-0.3, -0.25) is 42.7 Å². The molecule has 26 nitrogen and oxygen atoms in total. The molecule has 0 radical (unpaired) electrons. The monoisotopic (exact) mass is 1670 g/mol. The van der Waals surface area contributed by atoms with Crippen molar-refractivity contribution in [3.05, 3.63) is 275 Å². The number of anilines is 2. The lowest BCUT2D eigenvalue weighted by atomic mass is 9.97. The van der Waals surface area contributed by atoms with Gasteiger partial charge in [0.25, 0.3) is 11.8 Å². The van der Waals surface area contributed by atoms with Gasteiger partial charge in [0.05, 0.1) is 107 Å². The maximum Gasteiger partial charge on any atom is 0.510 e. The Hall–Kier alpha value is -11.7. The number of carboxylic acids is 2. The van der Waals surface area contributed by atoms with E-state index < -0.39 is 43.7 Å². The average Bonchev–Trinajstić information content (AvgIpc) is 1.62. The van der Waals surface area contributed by atoms with Gasteiger partial charge in [0.2, 0.25) is 0 Å². The van der Waals surface area contributed by atoms with Gasteiger partial charge >= 0.3 is 30.2 Å². The number of nitrogens with zero attached hydrogens (tertiary/aromatic N) is 2. The number of aliphatic carboxylic acids is 2. The second-order valence-electron chi connectivity index (χ2n) is 25.7. The standard InChI is InChI=1S/C45H44Cl2N2O8.C41H41BrN2O14/c1-28-6-16-41-39(24-28)38(31(4)49(41)45(52)33-9-13-35(47)14-10-33)27-43(50)57-23-21-55-19-18-54-20-22-56-29(2)25-37-30(3)48(42-17-15-36(53-5)26-40(37)42)44(51)32-7-11-34(46)12-8-32;1-26-8-10-27(11-9-26)38(49)32-6-2-4-29(22-34(45)46)36(32)43-24-57-40(51)55-20-18-53-16-17-54-19-21-56-41(52)58-25-44-37-30(23-35(47)48)5-3-7-33(37)39(50)28-12-14-31(42)15-13-28/h6-17,24,26H,2,18-23,25,27H2,1,3-5H3;2-15,43-44H,16-25H2,1H3,(H,45,46)(H,47,48). The summed E-state index contributed by atoms with van der Waals surface area (Å²) in [6, 6.07) is 47.9. The summed E-state index contributed by atoms with van der Waals surface area (Å²) in [6.45, 7) is 12.4. The van der Waals surface area contributed by atoms with Gasteiger partial charge in [0.15, 0.2) is 25.0 Å². The number of hydrogen-bond acceptors (Lipinski definition) is 22. The summed E-state index contributed by atoms with van der Waals surface area (Å²) in [5.41, 5.74) is 9.89. The number of benzene rings is 8. The number of methoxy groups -OCH3 is 1. The number of ketones is 2. The largest absolute Gasteiger partial charge is 0.510 e. The number of esters is 1. The molecule has 0 fully saturated rings. The van der Waals surface area contributed by atoms with Crippen molar-refractivity contribution in [3.63, 3.8) is 0 Å². The average molecular weight is 1680 g/mol. The highest BCUT2D eigenvalue weighted by Gasteiger charge is 2.26. The number of fused-ring (bicyclic) bond motifs is 2. The molecule has 0 atom stereocenters. The topological polar surface area (TPSA) is 330 Å². The number of aromatic nitrogens is 2. The predicted molar refractivity (Wildman–Crippen MR) is 433 cm³/mol. The number of para-hydroxylation sites is 2. The molecule has 0 aliphatic carbocycles. The number of nitrogens with one attached hydrogen (secondary N) is 2. The smallest absolute Gasteiger partial charge is 0.497 e. The fraction of sp³-hybridized carbons (Fsp3) is 0.267. The first kappa shape index (κ1) is 87.3. The molecule has 10 rings (SSSR count). The van der Waals surface area contributed by atoms with E-state index in [4.69, 9.17) is 75.3 Å². The Morgan fingerprint density at radius 2 is 0.817 bits per heavy atom. The van der Waals surface area contributed by atoms with Crippen LogP contribution in [0.5, 0.6) is 5.75 Å². The van der Waals surface area contributed by atoms with Gasteiger partial charge in [-0.05, 0) is 165 Å². The number of carbonyl (C=O) groups excluding carboxylic acids is 7. The van der Waals surface area contributed by atoms with E-state index in [1.807, 2.05) is 64.1 Å². The van der Waals surface area contributed by atoms with Crippen LogP contribution in [0.25, 0.3) is 21.8 Å². The maximum atomic E-state index is 13.6. The maximum absolute atomic E-state index is 13.6. The number of aryl methyl sites for hydroxylation is 2. The van der Waals surface area contributed by atoms with Gasteiger partial charge in [-0.15, -0.1) is 0 Å². The number of carboxylic acid groups (broad SMARTS) is 2. The van der Waals surface area contributed by atoms with E-state index in [-0.39, 0.29) is 125 Å². The van der Waals surface area contributed by atoms with Crippen molar-refractivity contribution in [3.8, 4) is 5.75 Å². The summed E-state index contributed by atoms with van der Waals surface area (Å²) in [7, 11) is 1.60. The third-order valence-electron chi connectivity index (χ3n) is 17.8. The molecular formula is C86H85BrCl2N4O22. The normalized spacial score (nSPS) is 10.9. The van der Waals surface area contributed by atoms with Gasteiger partial charge < -0.3 is 73.0 Å². The van der Waals surface area contributed by atoms with E-state index in [1.165, 1.54) is 0 Å². The minimum atomic E-state index is -1.11. The Labute approximate surface area is 681 Å². The van der Waals surface area contributed by atoms with Crippen molar-refractivity contribution in [2.45, 2.75) is 53.4 Å². The third kappa shape index (κ3) is 25.2. The summed E-state index contributed by atoms with van der Waals surface area (Å²) >= 11 is 15.4. The summed E-state index contributed by atoms with van der Waals surface area (Å²) in [5.74, 6) is -2.47. The second kappa shape index (κ2) is 43.5. The van der Waals surface area contributed by atoms with Crippen LogP contribution >= 0.6 is 39.1 Å². The molecule has 2 heterocycles. The van der Waals surface area contributed by atoms with Gasteiger partial charge in [-0.25, -0.2) is 9.59 Å². The molecule has 115 heavy (non-hydrogen) atoms. The molecule has 0 saturated carbocycles. The van der Waals surface area contributed by atoms with E-state index >= 15 is 0 Å². The first-order chi connectivity index (χ1) is 55.4. The van der Waals surface area contributed by atoms with Crippen LogP contribution in [0.2, 0.25) is 10.0 Å². The van der Waals surface area contributed by atoms with Crippen LogP contribution in [0.15, 0.2) is 187 Å². The van der Waals surface area contributed by atoms with Crippen molar-refractivity contribution in [1.82, 2.24) is 9.13 Å². The van der Waals surface area contributed by atoms with E-state index in [9.17, 15) is 53.4 Å². The molecule has 0 amide bonds. The Morgan fingerprint density at radius 1 is 0.426 bits per heavy atom. The van der Waals surface area contributed by atoms with Crippen LogP contribution in [0, 0.1) is 27.7 Å². The van der Waals surface area contributed by atoms with Crippen molar-refractivity contribution >= 4 is 126 Å². The third-order valence-corrected chi connectivity index (χ3v) is 18.8. The Bertz CT molecular complexity index is 4980. The lowest BCUT2D eigenvalue weighted by molar-refractivity contribution is -0.144. The highest BCUT2D eigenvalue weighted by Crippen LogP contribution is 2.34. The Kier molecular flexibility index (Phi) is 33.0. The zero-order valence-corrected chi connectivity index (χ0v) is 66.8. The summed E-state index contributed by atoms with van der Waals surface area (Å²) in [5, 5.41) is 27.2. The zero-order chi connectivity index (χ0) is 82.5. The molecule has 0 aliphatic rings. The number of carbonyl (C=O) groups is 9. The van der Waals surface area contributed by atoms with Gasteiger partial charge in [-0.2, -0.15) is 0 Å². The minimum absolute atomic E-state index is 0.0123. The molecule has 29 heteroatoms. The van der Waals surface area contributed by atoms with Crippen molar-refractivity contribution in [2.75, 3.05) is 110 Å². The van der Waals surface area contributed by atoms with E-state index in [2.05, 4.69) is 33.1 Å². The Balaban J connectivity index is 0.000000263. The molecule has 10 aromatic rings. The highest BCUT2D eigenvalue weighted by atomic mass is 79.9. The van der Waals surface area contributed by atoms with E-state index in [0.29, 0.717) is 86.9 Å². The zero-order valence-electron chi connectivity index (χ0n) is 63.7. The molecule has 0 bridgehead atoms. The molecular weight excluding hydrogens is 1590 g/mol. The number of ether oxygens (including phenoxy) is 11. The summed E-state index contributed by atoms with van der Waals surface area (Å²) < 4.78 is 63.0. The fourth-order valence-corrected chi connectivity index (χ4v) is 12.7. The van der Waals surface area contributed by atoms with Crippen LogP contribution in [0.3, 0.4) is 0 Å². The first-order valence-corrected chi connectivity index (χ1v) is 37.8. The number of hydrogen-bond donors (Lipinski definition) is 4. The van der Waals surface area contributed by atoms with Gasteiger partial charge in [0, 0.05) is 76.5 Å². The fourth-order valence-electron chi connectivity index (χ4n) is 12.2. The molecule has 0 spiro atoms. The molecule has 602 valence electrons. The minimum Gasteiger partial charge on any atom is -0.497 e. The van der Waals surface area contributed by atoms with Crippen molar-refractivity contribution < 1.29 is 105 Å². The molecule has 0 aliphatic heterocycles. The van der Waals surface area contributed by atoms with E-state index in [0.717, 1.165) is 54.2 Å². The quantitative estimate of drug-likeness (QED) is 0.00692. The number of allylic oxidation sites excluding steroid dienone is 1. The summed E-state index contributed by atoms with van der Waals surface area (Å²) in [6.07, 6.45) is -2.38. The van der Waals surface area contributed by atoms with Gasteiger partial charge in [0.1, 0.15) is 32.2 Å². The van der Waals surface area contributed by atoms with Crippen LogP contribution in [-0.4, -0.2) is 173 Å². The van der Waals surface area contributed by atoms with Crippen LogP contribution < -0.4 is 15.4 Å². The molecule has 4 N–H and O–H groups in total. The van der Waals surface area contributed by atoms with Crippen molar-refractivity contribution in [1.29, 1.82) is 0 Å². The van der Waals surface area contributed by atoms with Gasteiger partial charge in [-0.1, -0.05) is 111 Å². The van der Waals surface area contributed by atoms with Crippen LogP contribution in [0.4, 0.5) is 21.0 Å². The SMILES string of the molecule is C=C(Cc1c(C)n(C(=O)c2ccc(Cl)cc2)c2ccc(OC)cc12)OCCOCCOCCOC(=O)Cc1c(C)n(C(=O)c2ccc(Cl)cc2)c2ccc(C)cc12.Cc1ccc(C(=O)c2cccc(CC(=O)O)c2NCOC(=O)OCCOCCOCCOC(=O)OCNc2c(CC(=O)O)cccc2C(=O)c2ccc(Br)cc2)cc1. The molecule has 0 saturated heterocycles. The Morgan fingerprint density at radius 3 is 1.27 bits per heavy atom. The van der Waals surface area contributed by atoms with Crippen LogP contribution in [0.1, 0.15) is 97.3 Å². The predicted octanol–water partition coefficient (Wildman–Crippen LogP) is 15.4. The molecule has 0 unspecified atom stereocenters. The molecule has 8 aromatic carbocycles. The highest BCUT2D eigenvalue weighted by molar-refractivity contribution is 9.10. The lowest BCUT2D eigenvalue weighted by Crippen LogP contribution is -2.20. The van der Waals surface area contributed by atoms with Crippen molar-refractivity contribution in [2.24, 2.45) is 0 Å². The van der Waals surface area contributed by atoms with E-state index in [1.54, 1.807) is 150 Å². The second-order valence-corrected chi connectivity index (χ2v) is 27.5. The first-order valence-electron chi connectivity index (χ1n) is 36.2. The number of halogens is 3. The summed E-state index contributed by atoms with van der Waals surface area (Å²) in [4.78, 5) is 114. The number of rotatable bonds is 40. The lowest BCUT2D eigenvalue weighted by Gasteiger charge is -2.16. The van der Waals surface area contributed by atoms with Crippen LogP contribution in [-0.2, 0) is 87.4 Å².